The zero-order chi connectivity index (χ0) is 19.5. The van der Waals surface area contributed by atoms with Crippen LogP contribution in [0.25, 0.3) is 21.5 Å². The Morgan fingerprint density at radius 3 is 1.52 bits per heavy atom. The Morgan fingerprint density at radius 2 is 1.07 bits per heavy atom. The van der Waals surface area contributed by atoms with E-state index in [1.807, 2.05) is 0 Å². The molecule has 0 aliphatic rings. The first kappa shape index (κ1) is 22.5. The monoisotopic (exact) mass is 460 g/mol. The summed E-state index contributed by atoms with van der Waals surface area (Å²) in [5, 5.41) is 0.593. The van der Waals surface area contributed by atoms with Gasteiger partial charge in [-0.15, -0.1) is 0 Å². The normalized spacial score (nSPS) is 12.9. The molecular formula is C14H12CaO9S3. The second-order valence-corrected chi connectivity index (χ2v) is 9.49. The summed E-state index contributed by atoms with van der Waals surface area (Å²) >= 11 is 0. The van der Waals surface area contributed by atoms with Crippen LogP contribution in [0, 0.1) is 0 Å². The molecule has 0 aromatic heterocycles. The predicted molar refractivity (Wildman–Crippen MR) is 99.4 cm³/mol. The molecule has 0 fully saturated rings. The molecule has 0 radical (unpaired) electrons. The summed E-state index contributed by atoms with van der Waals surface area (Å²) in [6.45, 7) is 0. The molecule has 0 aliphatic carbocycles. The minimum absolute atomic E-state index is 0. The molecule has 0 saturated heterocycles. The zero-order valence-corrected chi connectivity index (χ0v) is 15.0. The predicted octanol–water partition coefficient (Wildman–Crippen LogP) is 0.817. The fraction of sp³-hybridized carbons (Fsp3) is 0. The Morgan fingerprint density at radius 1 is 0.593 bits per heavy atom. The van der Waals surface area contributed by atoms with Gasteiger partial charge in [-0.05, 0) is 34.4 Å². The molecular weight excluding hydrogens is 448 g/mol. The van der Waals surface area contributed by atoms with Crippen molar-refractivity contribution in [3.63, 3.8) is 0 Å². The number of benzene rings is 3. The SMILES string of the molecule is O=S(=O)(O)c1cc2cc3ccccc3cc2c(S(=O)(=O)O)c1S(=O)(=O)O.[CaH2]. The summed E-state index contributed by atoms with van der Waals surface area (Å²) in [5.41, 5.74) is 0. The maximum absolute atomic E-state index is 11.8. The quantitative estimate of drug-likeness (QED) is 0.292. The molecule has 27 heavy (non-hydrogen) atoms. The van der Waals surface area contributed by atoms with E-state index in [-0.39, 0.29) is 48.5 Å². The molecule has 3 aromatic carbocycles. The zero-order valence-electron chi connectivity index (χ0n) is 12.6. The summed E-state index contributed by atoms with van der Waals surface area (Å²) in [4.78, 5) is -4.32. The van der Waals surface area contributed by atoms with Crippen LogP contribution in [0.2, 0.25) is 0 Å². The van der Waals surface area contributed by atoms with Gasteiger partial charge in [-0.1, -0.05) is 24.3 Å². The molecule has 3 aromatic rings. The van der Waals surface area contributed by atoms with Gasteiger partial charge in [0.2, 0.25) is 0 Å². The Kier molecular flexibility index (Phi) is 5.99. The Labute approximate surface area is 184 Å². The third-order valence-corrected chi connectivity index (χ3v) is 6.69. The van der Waals surface area contributed by atoms with Crippen LogP contribution in [0.1, 0.15) is 0 Å². The Hall–Kier alpha value is -0.830. The summed E-state index contributed by atoms with van der Waals surface area (Å²) in [7, 11) is -16.0. The average molecular weight is 461 g/mol. The van der Waals surface area contributed by atoms with E-state index in [1.54, 1.807) is 24.3 Å². The molecule has 142 valence electrons. The Bertz CT molecular complexity index is 1390. The van der Waals surface area contributed by atoms with Gasteiger partial charge in [0.05, 0.1) is 0 Å². The first-order chi connectivity index (χ1) is 11.8. The van der Waals surface area contributed by atoms with Gasteiger partial charge in [0, 0.05) is 5.39 Å². The summed E-state index contributed by atoms with van der Waals surface area (Å²) in [5.74, 6) is 0. The van der Waals surface area contributed by atoms with E-state index in [0.717, 1.165) is 0 Å². The Balaban J connectivity index is 0.00000261. The summed E-state index contributed by atoms with van der Waals surface area (Å²) < 4.78 is 98.4. The molecule has 13 heteroatoms. The standard InChI is InChI=1S/C14H10O9S3.Ca.2H/c15-24(16,17)12-7-10-5-8-3-1-2-4-9(8)6-11(10)13(25(18,19)20)14(12)26(21,22)23;;;/h1-7H,(H,15,16,17)(H,18,19,20)(H,21,22,23);;;. The third-order valence-electron chi connectivity index (χ3n) is 3.67. The molecule has 0 bridgehead atoms. The van der Waals surface area contributed by atoms with Crippen LogP contribution < -0.4 is 0 Å². The molecule has 0 heterocycles. The molecule has 0 unspecified atom stereocenters. The van der Waals surface area contributed by atoms with E-state index in [0.29, 0.717) is 16.8 Å². The number of rotatable bonds is 3. The topological polar surface area (TPSA) is 163 Å². The summed E-state index contributed by atoms with van der Waals surface area (Å²) in [6.07, 6.45) is 0. The van der Waals surface area contributed by atoms with Gasteiger partial charge in [-0.2, -0.15) is 25.3 Å². The van der Waals surface area contributed by atoms with Gasteiger partial charge < -0.3 is 0 Å². The first-order valence-electron chi connectivity index (χ1n) is 6.72. The summed E-state index contributed by atoms with van der Waals surface area (Å²) in [6, 6.07) is 9.76. The van der Waals surface area contributed by atoms with Crippen molar-refractivity contribution in [1.82, 2.24) is 0 Å². The number of hydrogen-bond donors (Lipinski definition) is 3. The van der Waals surface area contributed by atoms with Gasteiger partial charge in [-0.3, -0.25) is 13.7 Å². The van der Waals surface area contributed by atoms with E-state index < -0.39 is 45.0 Å². The van der Waals surface area contributed by atoms with Crippen LogP contribution in [-0.2, 0) is 30.4 Å². The van der Waals surface area contributed by atoms with Crippen LogP contribution in [0.5, 0.6) is 0 Å². The molecule has 0 saturated carbocycles. The van der Waals surface area contributed by atoms with Crippen LogP contribution in [-0.4, -0.2) is 76.6 Å². The molecule has 9 nitrogen and oxygen atoms in total. The van der Waals surface area contributed by atoms with E-state index in [9.17, 15) is 38.9 Å². The second-order valence-electron chi connectivity index (χ2n) is 5.38. The minimum atomic E-state index is -5.45. The molecule has 0 aliphatic heterocycles. The van der Waals surface area contributed by atoms with Gasteiger partial charge >= 0.3 is 37.7 Å². The van der Waals surface area contributed by atoms with Crippen LogP contribution in [0.3, 0.4) is 0 Å². The molecule has 3 N–H and O–H groups in total. The van der Waals surface area contributed by atoms with E-state index >= 15 is 0 Å². The molecule has 0 spiro atoms. The van der Waals surface area contributed by atoms with E-state index in [1.165, 1.54) is 12.1 Å². The molecule has 0 amide bonds. The van der Waals surface area contributed by atoms with Crippen molar-refractivity contribution in [2.24, 2.45) is 0 Å². The van der Waals surface area contributed by atoms with Gasteiger partial charge in [0.1, 0.15) is 14.7 Å². The van der Waals surface area contributed by atoms with Gasteiger partial charge in [0.25, 0.3) is 30.4 Å². The van der Waals surface area contributed by atoms with Crippen LogP contribution in [0.15, 0.2) is 57.2 Å². The van der Waals surface area contributed by atoms with Crippen LogP contribution in [0.4, 0.5) is 0 Å². The third kappa shape index (κ3) is 4.28. The van der Waals surface area contributed by atoms with Crippen LogP contribution >= 0.6 is 0 Å². The van der Waals surface area contributed by atoms with Crippen molar-refractivity contribution in [3.05, 3.63) is 42.5 Å². The van der Waals surface area contributed by atoms with E-state index in [4.69, 9.17) is 0 Å². The van der Waals surface area contributed by atoms with Crippen molar-refractivity contribution in [2.75, 3.05) is 0 Å². The molecule has 0 atom stereocenters. The molecule has 3 rings (SSSR count). The fourth-order valence-corrected chi connectivity index (χ4v) is 6.10. The first-order valence-corrected chi connectivity index (χ1v) is 11.0. The van der Waals surface area contributed by atoms with Gasteiger partial charge in [-0.25, -0.2) is 0 Å². The van der Waals surface area contributed by atoms with Crippen molar-refractivity contribution < 1.29 is 38.9 Å². The maximum atomic E-state index is 11.8. The number of hydrogen-bond acceptors (Lipinski definition) is 6. The van der Waals surface area contributed by atoms with Crippen molar-refractivity contribution in [2.45, 2.75) is 14.7 Å². The van der Waals surface area contributed by atoms with Crippen molar-refractivity contribution >= 4 is 89.6 Å². The second kappa shape index (κ2) is 7.21. The van der Waals surface area contributed by atoms with E-state index in [2.05, 4.69) is 0 Å². The average Bonchev–Trinajstić information content (AvgIpc) is 2.48. The fourth-order valence-electron chi connectivity index (χ4n) is 2.71. The number of fused-ring (bicyclic) bond motifs is 2. The van der Waals surface area contributed by atoms with Gasteiger partial charge in [0.15, 0.2) is 0 Å². The van der Waals surface area contributed by atoms with Crippen molar-refractivity contribution in [1.29, 1.82) is 0 Å². The van der Waals surface area contributed by atoms with Crippen molar-refractivity contribution in [3.8, 4) is 0 Å².